The molecule has 1 amide bonds. The van der Waals surface area contributed by atoms with Crippen molar-refractivity contribution in [1.82, 2.24) is 0 Å². The summed E-state index contributed by atoms with van der Waals surface area (Å²) in [6.45, 7) is 3.85. The predicted octanol–water partition coefficient (Wildman–Crippen LogP) is 3.75. The number of nitrogens with one attached hydrogen (secondary N) is 1. The summed E-state index contributed by atoms with van der Waals surface area (Å²) in [6.07, 6.45) is 2.24. The Kier molecular flexibility index (Phi) is 4.99. The average molecular weight is 301 g/mol. The van der Waals surface area contributed by atoms with Crippen LogP contribution < -0.4 is 5.32 Å². The monoisotopic (exact) mass is 301 g/mol. The van der Waals surface area contributed by atoms with Gasteiger partial charge in [0.15, 0.2) is 5.76 Å². The number of rotatable bonds is 6. The first kappa shape index (κ1) is 15.8. The van der Waals surface area contributed by atoms with Gasteiger partial charge in [-0.1, -0.05) is 38.5 Å². The Labute approximate surface area is 129 Å². The van der Waals surface area contributed by atoms with Crippen molar-refractivity contribution in [3.63, 3.8) is 0 Å². The minimum atomic E-state index is -1.09. The Bertz CT molecular complexity index is 688. The summed E-state index contributed by atoms with van der Waals surface area (Å²) in [4.78, 5) is 23.4. The van der Waals surface area contributed by atoms with Gasteiger partial charge in [0.05, 0.1) is 0 Å². The number of carboxylic acids is 1. The minimum Gasteiger partial charge on any atom is -0.478 e. The second kappa shape index (κ2) is 6.93. The number of amides is 1. The molecule has 0 fully saturated rings. The van der Waals surface area contributed by atoms with E-state index in [0.717, 1.165) is 24.1 Å². The van der Waals surface area contributed by atoms with Gasteiger partial charge in [0.25, 0.3) is 5.91 Å². The molecule has 5 heteroatoms. The first-order valence-corrected chi connectivity index (χ1v) is 7.32. The number of furan rings is 1. The Balaban J connectivity index is 2.24. The summed E-state index contributed by atoms with van der Waals surface area (Å²) in [5, 5.41) is 11.9. The molecule has 2 rings (SSSR count). The molecule has 2 aromatic rings. The fourth-order valence-corrected chi connectivity index (χ4v) is 2.30. The molecule has 2 N–H and O–H groups in total. The first-order valence-electron chi connectivity index (χ1n) is 7.32. The Morgan fingerprint density at radius 3 is 2.55 bits per heavy atom. The molecule has 0 atom stereocenters. The highest BCUT2D eigenvalue weighted by atomic mass is 16.4. The van der Waals surface area contributed by atoms with Gasteiger partial charge in [-0.05, 0) is 18.1 Å². The third kappa shape index (κ3) is 3.36. The van der Waals surface area contributed by atoms with Crippen LogP contribution in [0.3, 0.4) is 0 Å². The molecule has 0 aliphatic rings. The zero-order valence-corrected chi connectivity index (χ0v) is 12.7. The van der Waals surface area contributed by atoms with E-state index in [2.05, 4.69) is 12.2 Å². The fraction of sp³-hybridized carbons (Fsp3) is 0.294. The van der Waals surface area contributed by atoms with Gasteiger partial charge >= 0.3 is 5.97 Å². The van der Waals surface area contributed by atoms with E-state index < -0.39 is 11.9 Å². The average Bonchev–Trinajstić information content (AvgIpc) is 2.94. The zero-order valence-electron chi connectivity index (χ0n) is 12.7. The van der Waals surface area contributed by atoms with Crippen molar-refractivity contribution < 1.29 is 19.1 Å². The van der Waals surface area contributed by atoms with Crippen molar-refractivity contribution in [3.8, 4) is 0 Å². The van der Waals surface area contributed by atoms with E-state index in [1.54, 1.807) is 6.92 Å². The summed E-state index contributed by atoms with van der Waals surface area (Å²) < 4.78 is 5.37. The van der Waals surface area contributed by atoms with Crippen LogP contribution in [0.2, 0.25) is 0 Å². The van der Waals surface area contributed by atoms with Crippen molar-refractivity contribution in [3.05, 3.63) is 53.0 Å². The van der Waals surface area contributed by atoms with E-state index in [1.165, 1.54) is 6.07 Å². The number of para-hydroxylation sites is 1. The zero-order chi connectivity index (χ0) is 16.1. The lowest BCUT2D eigenvalue weighted by Crippen LogP contribution is -2.12. The molecule has 1 aromatic heterocycles. The molecule has 0 saturated heterocycles. The lowest BCUT2D eigenvalue weighted by molar-refractivity contribution is 0.0694. The SMILES string of the molecule is CCCc1ccccc1NC(=O)c1cc(C(=O)O)c(CC)o1. The number of aromatic carboxylic acids is 1. The maximum atomic E-state index is 12.3. The molecular weight excluding hydrogens is 282 g/mol. The van der Waals surface area contributed by atoms with Crippen LogP contribution in [-0.4, -0.2) is 17.0 Å². The highest BCUT2D eigenvalue weighted by Gasteiger charge is 2.20. The summed E-state index contributed by atoms with van der Waals surface area (Å²) in [5.74, 6) is -1.21. The van der Waals surface area contributed by atoms with Gasteiger partial charge in [-0.15, -0.1) is 0 Å². The molecule has 0 unspecified atom stereocenters. The molecule has 0 bridgehead atoms. The number of aryl methyl sites for hydroxylation is 2. The molecule has 5 nitrogen and oxygen atoms in total. The minimum absolute atomic E-state index is 0.0144. The van der Waals surface area contributed by atoms with Crippen LogP contribution in [0.5, 0.6) is 0 Å². The third-order valence-corrected chi connectivity index (χ3v) is 3.37. The fourth-order valence-electron chi connectivity index (χ4n) is 2.30. The van der Waals surface area contributed by atoms with Gasteiger partial charge in [-0.2, -0.15) is 0 Å². The Hall–Kier alpha value is -2.56. The van der Waals surface area contributed by atoms with Gasteiger partial charge in [-0.3, -0.25) is 4.79 Å². The van der Waals surface area contributed by atoms with Crippen LogP contribution in [0.25, 0.3) is 0 Å². The molecule has 22 heavy (non-hydrogen) atoms. The standard InChI is InChI=1S/C17H19NO4/c1-3-7-11-8-5-6-9-13(11)18-16(19)15-10-12(17(20)21)14(4-2)22-15/h5-6,8-10H,3-4,7H2,1-2H3,(H,18,19)(H,20,21). The van der Waals surface area contributed by atoms with Crippen LogP contribution in [0.1, 0.15) is 52.5 Å². The maximum Gasteiger partial charge on any atom is 0.339 e. The normalized spacial score (nSPS) is 10.5. The van der Waals surface area contributed by atoms with Crippen LogP contribution in [0, 0.1) is 0 Å². The molecule has 0 aliphatic carbocycles. The Morgan fingerprint density at radius 1 is 1.23 bits per heavy atom. The quantitative estimate of drug-likeness (QED) is 0.851. The van der Waals surface area contributed by atoms with Crippen LogP contribution in [0.4, 0.5) is 5.69 Å². The molecule has 0 radical (unpaired) electrons. The van der Waals surface area contributed by atoms with E-state index >= 15 is 0 Å². The number of benzene rings is 1. The largest absolute Gasteiger partial charge is 0.478 e. The molecule has 1 heterocycles. The first-order chi connectivity index (χ1) is 10.6. The number of carboxylic acid groups (broad SMARTS) is 1. The Morgan fingerprint density at radius 2 is 1.95 bits per heavy atom. The van der Waals surface area contributed by atoms with Crippen molar-refractivity contribution in [2.75, 3.05) is 5.32 Å². The molecule has 116 valence electrons. The second-order valence-corrected chi connectivity index (χ2v) is 4.97. The summed E-state index contributed by atoms with van der Waals surface area (Å²) in [6, 6.07) is 8.83. The van der Waals surface area contributed by atoms with E-state index in [0.29, 0.717) is 12.2 Å². The van der Waals surface area contributed by atoms with Crippen LogP contribution in [0.15, 0.2) is 34.7 Å². The maximum absolute atomic E-state index is 12.3. The van der Waals surface area contributed by atoms with Gasteiger partial charge < -0.3 is 14.8 Å². The highest BCUT2D eigenvalue weighted by molar-refractivity contribution is 6.04. The summed E-state index contributed by atoms with van der Waals surface area (Å²) >= 11 is 0. The predicted molar refractivity (Wildman–Crippen MR) is 83.4 cm³/mol. The molecule has 0 saturated carbocycles. The lowest BCUT2D eigenvalue weighted by Gasteiger charge is -2.09. The van der Waals surface area contributed by atoms with E-state index in [4.69, 9.17) is 9.52 Å². The lowest BCUT2D eigenvalue weighted by atomic mass is 10.1. The van der Waals surface area contributed by atoms with E-state index in [1.807, 2.05) is 24.3 Å². The number of anilines is 1. The van der Waals surface area contributed by atoms with Crippen molar-refractivity contribution in [2.24, 2.45) is 0 Å². The van der Waals surface area contributed by atoms with Crippen LogP contribution in [-0.2, 0) is 12.8 Å². The number of hydrogen-bond donors (Lipinski definition) is 2. The third-order valence-electron chi connectivity index (χ3n) is 3.37. The topological polar surface area (TPSA) is 79.5 Å². The van der Waals surface area contributed by atoms with Crippen molar-refractivity contribution >= 4 is 17.6 Å². The molecule has 0 aliphatic heterocycles. The van der Waals surface area contributed by atoms with E-state index in [9.17, 15) is 9.59 Å². The number of carbonyl (C=O) groups excluding carboxylic acids is 1. The number of hydrogen-bond acceptors (Lipinski definition) is 3. The molecular formula is C17H19NO4. The van der Waals surface area contributed by atoms with Crippen molar-refractivity contribution in [1.29, 1.82) is 0 Å². The van der Waals surface area contributed by atoms with Gasteiger partial charge in [-0.25, -0.2) is 4.79 Å². The van der Waals surface area contributed by atoms with E-state index in [-0.39, 0.29) is 11.3 Å². The summed E-state index contributed by atoms with van der Waals surface area (Å²) in [5.41, 5.74) is 1.80. The van der Waals surface area contributed by atoms with Crippen LogP contribution >= 0.6 is 0 Å². The smallest absolute Gasteiger partial charge is 0.339 e. The van der Waals surface area contributed by atoms with Gasteiger partial charge in [0.2, 0.25) is 0 Å². The number of carbonyl (C=O) groups is 2. The van der Waals surface area contributed by atoms with Crippen molar-refractivity contribution in [2.45, 2.75) is 33.1 Å². The van der Waals surface area contributed by atoms with Gasteiger partial charge in [0.1, 0.15) is 11.3 Å². The second-order valence-electron chi connectivity index (χ2n) is 4.97. The molecule has 1 aromatic carbocycles. The molecule has 0 spiro atoms. The van der Waals surface area contributed by atoms with Gasteiger partial charge in [0, 0.05) is 18.2 Å². The highest BCUT2D eigenvalue weighted by Crippen LogP contribution is 2.21. The summed E-state index contributed by atoms with van der Waals surface area (Å²) in [7, 11) is 0.